The Bertz CT molecular complexity index is 605. The zero-order valence-corrected chi connectivity index (χ0v) is 12.4. The van der Waals surface area contributed by atoms with Crippen LogP contribution in [-0.4, -0.2) is 31.5 Å². The van der Waals surface area contributed by atoms with Gasteiger partial charge in [0.2, 0.25) is 0 Å². The average Bonchev–Trinajstić information content (AvgIpc) is 2.87. The van der Waals surface area contributed by atoms with Crippen molar-refractivity contribution in [2.45, 2.75) is 43.3 Å². The van der Waals surface area contributed by atoms with E-state index in [1.165, 1.54) is 18.3 Å². The van der Waals surface area contributed by atoms with Crippen LogP contribution < -0.4 is 4.72 Å². The Kier molecular flexibility index (Phi) is 4.62. The van der Waals surface area contributed by atoms with Crippen molar-refractivity contribution in [3.63, 3.8) is 0 Å². The van der Waals surface area contributed by atoms with Crippen LogP contribution in [0.15, 0.2) is 23.2 Å². The number of amides is 1. The highest BCUT2D eigenvalue weighted by Gasteiger charge is 2.32. The van der Waals surface area contributed by atoms with E-state index >= 15 is 0 Å². The lowest BCUT2D eigenvalue weighted by molar-refractivity contribution is -0.130. The minimum atomic E-state index is -3.95. The van der Waals surface area contributed by atoms with Gasteiger partial charge in [0, 0.05) is 6.20 Å². The van der Waals surface area contributed by atoms with Crippen LogP contribution in [0.3, 0.4) is 0 Å². The molecule has 110 valence electrons. The number of sulfonamides is 1. The van der Waals surface area contributed by atoms with Crippen LogP contribution in [0, 0.1) is 0 Å². The molecule has 1 aromatic heterocycles. The predicted octanol–water partition coefficient (Wildman–Crippen LogP) is 1.50. The van der Waals surface area contributed by atoms with Crippen LogP contribution in [-0.2, 0) is 19.6 Å². The number of ether oxygens (including phenoxy) is 1. The Hall–Kier alpha value is -1.18. The summed E-state index contributed by atoms with van der Waals surface area (Å²) >= 11 is 5.64. The first kappa shape index (κ1) is 15.2. The van der Waals surface area contributed by atoms with E-state index in [-0.39, 0.29) is 16.2 Å². The van der Waals surface area contributed by atoms with Gasteiger partial charge < -0.3 is 4.74 Å². The smallest absolute Gasteiger partial charge is 0.264 e. The molecule has 1 N–H and O–H groups in total. The lowest BCUT2D eigenvalue weighted by Gasteiger charge is -2.13. The van der Waals surface area contributed by atoms with Gasteiger partial charge in [0.1, 0.15) is 11.3 Å². The number of nitrogens with zero attached hydrogens (tertiary/aromatic N) is 1. The Morgan fingerprint density at radius 2 is 2.30 bits per heavy atom. The van der Waals surface area contributed by atoms with E-state index in [1.807, 2.05) is 11.6 Å². The molecule has 1 saturated heterocycles. The maximum Gasteiger partial charge on any atom is 0.264 e. The molecule has 0 aromatic carbocycles. The molecule has 1 amide bonds. The fourth-order valence-electron chi connectivity index (χ4n) is 2.01. The molecule has 0 unspecified atom stereocenters. The second kappa shape index (κ2) is 6.07. The van der Waals surface area contributed by atoms with Crippen molar-refractivity contribution in [1.82, 2.24) is 9.71 Å². The van der Waals surface area contributed by atoms with Gasteiger partial charge in [0.15, 0.2) is 0 Å². The summed E-state index contributed by atoms with van der Waals surface area (Å²) < 4.78 is 31.5. The van der Waals surface area contributed by atoms with Crippen LogP contribution in [0.5, 0.6) is 0 Å². The average molecular weight is 319 g/mol. The number of hydrogen-bond acceptors (Lipinski definition) is 5. The molecule has 0 saturated carbocycles. The molecule has 8 heteroatoms. The molecule has 0 bridgehead atoms. The molecule has 20 heavy (non-hydrogen) atoms. The molecule has 0 aliphatic carbocycles. The maximum atomic E-state index is 12.0. The van der Waals surface area contributed by atoms with Crippen molar-refractivity contribution in [2.75, 3.05) is 0 Å². The number of carbonyl (C=O) groups is 1. The Morgan fingerprint density at radius 1 is 1.55 bits per heavy atom. The predicted molar refractivity (Wildman–Crippen MR) is 72.8 cm³/mol. The molecular weight excluding hydrogens is 304 g/mol. The van der Waals surface area contributed by atoms with Gasteiger partial charge in [0.05, 0.1) is 11.0 Å². The third-order valence-electron chi connectivity index (χ3n) is 3.10. The molecule has 0 radical (unpaired) electrons. The van der Waals surface area contributed by atoms with Gasteiger partial charge in [-0.1, -0.05) is 18.5 Å². The molecule has 2 rings (SSSR count). The van der Waals surface area contributed by atoms with Gasteiger partial charge in [-0.15, -0.1) is 0 Å². The normalized spacial score (nSPS) is 22.7. The number of rotatable bonds is 4. The molecule has 1 aliphatic heterocycles. The van der Waals surface area contributed by atoms with Crippen LogP contribution in [0.25, 0.3) is 0 Å². The summed E-state index contributed by atoms with van der Waals surface area (Å²) in [5.41, 5.74) is 0. The first-order valence-electron chi connectivity index (χ1n) is 6.26. The van der Waals surface area contributed by atoms with Gasteiger partial charge in [-0.05, 0) is 31.4 Å². The topological polar surface area (TPSA) is 85.4 Å². The SMILES string of the molecule is CC[C@@H]1CC[C@H](C(=O)NS(=O)(=O)c2ccnc(Cl)c2)O1. The number of aromatic nitrogens is 1. The number of carbonyl (C=O) groups excluding carboxylic acids is 1. The highest BCUT2D eigenvalue weighted by molar-refractivity contribution is 7.90. The molecule has 6 nitrogen and oxygen atoms in total. The summed E-state index contributed by atoms with van der Waals surface area (Å²) in [6.07, 6.45) is 2.65. The van der Waals surface area contributed by atoms with Crippen molar-refractivity contribution in [3.8, 4) is 0 Å². The van der Waals surface area contributed by atoms with Crippen molar-refractivity contribution < 1.29 is 17.9 Å². The minimum absolute atomic E-state index is 0.0174. The van der Waals surface area contributed by atoms with E-state index < -0.39 is 22.0 Å². The summed E-state index contributed by atoms with van der Waals surface area (Å²) in [5.74, 6) is -0.645. The fourth-order valence-corrected chi connectivity index (χ4v) is 3.27. The summed E-state index contributed by atoms with van der Waals surface area (Å²) in [6.45, 7) is 1.96. The van der Waals surface area contributed by atoms with Crippen LogP contribution >= 0.6 is 11.6 Å². The standard InChI is InChI=1S/C12H15ClN2O4S/c1-2-8-3-4-10(19-8)12(16)15-20(17,18)9-5-6-14-11(13)7-9/h5-8,10H,2-4H2,1H3,(H,15,16)/t8-,10-/m1/s1. The summed E-state index contributed by atoms with van der Waals surface area (Å²) in [6, 6.07) is 2.45. The highest BCUT2D eigenvalue weighted by Crippen LogP contribution is 2.22. The van der Waals surface area contributed by atoms with Crippen LogP contribution in [0.4, 0.5) is 0 Å². The zero-order valence-electron chi connectivity index (χ0n) is 10.9. The Labute approximate surface area is 122 Å². The Morgan fingerprint density at radius 3 is 2.90 bits per heavy atom. The van der Waals surface area contributed by atoms with Gasteiger partial charge in [-0.3, -0.25) is 4.79 Å². The second-order valence-corrected chi connectivity index (χ2v) is 6.59. The van der Waals surface area contributed by atoms with Crippen LogP contribution in [0.1, 0.15) is 26.2 Å². The van der Waals surface area contributed by atoms with Crippen molar-refractivity contribution >= 4 is 27.5 Å². The largest absolute Gasteiger partial charge is 0.365 e. The monoisotopic (exact) mass is 318 g/mol. The third-order valence-corrected chi connectivity index (χ3v) is 4.65. The first-order chi connectivity index (χ1) is 9.42. The molecule has 1 fully saturated rings. The zero-order chi connectivity index (χ0) is 14.8. The van der Waals surface area contributed by atoms with E-state index in [0.29, 0.717) is 6.42 Å². The number of halogens is 1. The summed E-state index contributed by atoms with van der Waals surface area (Å²) in [5, 5.41) is 0.0449. The second-order valence-electron chi connectivity index (χ2n) is 4.52. The number of pyridine rings is 1. The van der Waals surface area contributed by atoms with Gasteiger partial charge in [0.25, 0.3) is 15.9 Å². The summed E-state index contributed by atoms with van der Waals surface area (Å²) in [7, 11) is -3.95. The van der Waals surface area contributed by atoms with E-state index in [9.17, 15) is 13.2 Å². The van der Waals surface area contributed by atoms with E-state index in [2.05, 4.69) is 4.98 Å². The van der Waals surface area contributed by atoms with E-state index in [1.54, 1.807) is 0 Å². The Balaban J connectivity index is 2.07. The lowest BCUT2D eigenvalue weighted by atomic mass is 10.1. The van der Waals surface area contributed by atoms with Gasteiger partial charge in [-0.25, -0.2) is 18.1 Å². The third kappa shape index (κ3) is 3.47. The molecule has 1 aliphatic rings. The van der Waals surface area contributed by atoms with Crippen molar-refractivity contribution in [2.24, 2.45) is 0 Å². The first-order valence-corrected chi connectivity index (χ1v) is 8.12. The fraction of sp³-hybridized carbons (Fsp3) is 0.500. The molecule has 0 spiro atoms. The summed E-state index contributed by atoms with van der Waals surface area (Å²) in [4.78, 5) is 15.5. The quantitative estimate of drug-likeness (QED) is 0.850. The van der Waals surface area contributed by atoms with E-state index in [0.717, 1.165) is 12.8 Å². The molecule has 1 aromatic rings. The van der Waals surface area contributed by atoms with Crippen molar-refractivity contribution in [1.29, 1.82) is 0 Å². The molecular formula is C12H15ClN2O4S. The van der Waals surface area contributed by atoms with Gasteiger partial charge in [-0.2, -0.15) is 0 Å². The number of hydrogen-bond donors (Lipinski definition) is 1. The van der Waals surface area contributed by atoms with Crippen LogP contribution in [0.2, 0.25) is 5.15 Å². The van der Waals surface area contributed by atoms with Gasteiger partial charge >= 0.3 is 0 Å². The van der Waals surface area contributed by atoms with Crippen molar-refractivity contribution in [3.05, 3.63) is 23.5 Å². The molecule has 2 heterocycles. The van der Waals surface area contributed by atoms with E-state index in [4.69, 9.17) is 16.3 Å². The lowest BCUT2D eigenvalue weighted by Crippen LogP contribution is -2.38. The number of nitrogens with one attached hydrogen (secondary N) is 1. The molecule has 2 atom stereocenters. The minimum Gasteiger partial charge on any atom is -0.365 e. The highest BCUT2D eigenvalue weighted by atomic mass is 35.5. The maximum absolute atomic E-state index is 12.0.